The summed E-state index contributed by atoms with van der Waals surface area (Å²) in [7, 11) is 0. The molecule has 2 rings (SSSR count). The van der Waals surface area contributed by atoms with Crippen molar-refractivity contribution in [3.8, 4) is 5.75 Å². The van der Waals surface area contributed by atoms with Gasteiger partial charge in [0.25, 0.3) is 0 Å². The van der Waals surface area contributed by atoms with E-state index < -0.39 is 0 Å². The van der Waals surface area contributed by atoms with Crippen LogP contribution in [0.3, 0.4) is 0 Å². The van der Waals surface area contributed by atoms with Gasteiger partial charge in [0.2, 0.25) is 0 Å². The number of benzene rings is 1. The number of halogens is 3. The smallest absolute Gasteiger partial charge is 0.141 e. The summed E-state index contributed by atoms with van der Waals surface area (Å²) in [4.78, 5) is 0. The highest BCUT2D eigenvalue weighted by Crippen LogP contribution is 2.35. The van der Waals surface area contributed by atoms with Crippen molar-refractivity contribution in [2.75, 3.05) is 6.61 Å². The summed E-state index contributed by atoms with van der Waals surface area (Å²) in [5, 5.41) is 0.757. The van der Waals surface area contributed by atoms with E-state index in [9.17, 15) is 0 Å². The second-order valence-electron chi connectivity index (χ2n) is 2.99. The number of hydrogen-bond donors (Lipinski definition) is 0. The zero-order chi connectivity index (χ0) is 9.42. The minimum absolute atomic E-state index is 0.0711. The quantitative estimate of drug-likeness (QED) is 0.523. The van der Waals surface area contributed by atoms with Gasteiger partial charge in [0.05, 0.1) is 10.4 Å². The Bertz CT molecular complexity index is 341. The second-order valence-corrected chi connectivity index (χ2v) is 5.26. The van der Waals surface area contributed by atoms with Crippen LogP contribution < -0.4 is 4.74 Å². The second kappa shape index (κ2) is 3.83. The van der Waals surface area contributed by atoms with Crippen LogP contribution in [0, 0.1) is 3.57 Å². The van der Waals surface area contributed by atoms with Crippen LogP contribution in [0.25, 0.3) is 0 Å². The molecule has 1 nitrogen and oxygen atoms in total. The van der Waals surface area contributed by atoms with E-state index in [1.165, 1.54) is 0 Å². The third-order valence-electron chi connectivity index (χ3n) is 1.94. The lowest BCUT2D eigenvalue weighted by Gasteiger charge is -2.22. The molecule has 13 heavy (non-hydrogen) atoms. The predicted molar refractivity (Wildman–Crippen MR) is 63.0 cm³/mol. The Morgan fingerprint density at radius 3 is 3.00 bits per heavy atom. The molecule has 4 heteroatoms. The molecule has 1 aromatic carbocycles. The zero-order valence-corrected chi connectivity index (χ0v) is 10.4. The van der Waals surface area contributed by atoms with Crippen molar-refractivity contribution in [2.45, 2.75) is 11.8 Å². The molecule has 0 aliphatic carbocycles. The molecule has 0 saturated carbocycles. The van der Waals surface area contributed by atoms with Crippen LogP contribution in [0.2, 0.25) is 5.02 Å². The van der Waals surface area contributed by atoms with Crippen LogP contribution in [0.1, 0.15) is 5.56 Å². The van der Waals surface area contributed by atoms with E-state index in [0.29, 0.717) is 11.6 Å². The summed E-state index contributed by atoms with van der Waals surface area (Å²) in [6.45, 7) is 0.550. The van der Waals surface area contributed by atoms with Crippen molar-refractivity contribution < 1.29 is 4.74 Å². The number of hydrogen-bond acceptors (Lipinski definition) is 1. The molecule has 0 bridgehead atoms. The van der Waals surface area contributed by atoms with Gasteiger partial charge in [-0.1, -0.05) is 11.6 Å². The topological polar surface area (TPSA) is 9.23 Å². The molecule has 0 unspecified atom stereocenters. The van der Waals surface area contributed by atoms with E-state index in [-0.39, 0.29) is 5.38 Å². The Balaban J connectivity index is 2.47. The van der Waals surface area contributed by atoms with Gasteiger partial charge in [-0.15, -0.1) is 11.6 Å². The number of alkyl halides is 1. The summed E-state index contributed by atoms with van der Waals surface area (Å²) in [5.41, 5.74) is 1.11. The van der Waals surface area contributed by atoms with Crippen molar-refractivity contribution in [1.29, 1.82) is 0 Å². The highest BCUT2D eigenvalue weighted by Gasteiger charge is 2.20. The molecule has 0 N–H and O–H groups in total. The van der Waals surface area contributed by atoms with Crippen LogP contribution in [0.15, 0.2) is 12.1 Å². The first-order valence-corrected chi connectivity index (χ1v) is 5.81. The maximum atomic E-state index is 6.02. The first-order chi connectivity index (χ1) is 6.16. The average molecular weight is 329 g/mol. The SMILES string of the molecule is Clc1cc(I)cc2c1OC[C@H](Cl)C2. The molecule has 0 saturated heterocycles. The Morgan fingerprint density at radius 2 is 2.23 bits per heavy atom. The van der Waals surface area contributed by atoms with Gasteiger partial charge in [-0.2, -0.15) is 0 Å². The fraction of sp³-hybridized carbons (Fsp3) is 0.333. The van der Waals surface area contributed by atoms with Crippen LogP contribution >= 0.6 is 45.8 Å². The Labute approximate surface area is 101 Å². The van der Waals surface area contributed by atoms with Crippen LogP contribution in [-0.2, 0) is 6.42 Å². The average Bonchev–Trinajstić information content (AvgIpc) is 2.02. The molecular weight excluding hydrogens is 322 g/mol. The molecule has 1 atom stereocenters. The lowest BCUT2D eigenvalue weighted by molar-refractivity contribution is 0.292. The maximum absolute atomic E-state index is 6.02. The third-order valence-corrected chi connectivity index (χ3v) is 3.12. The number of fused-ring (bicyclic) bond motifs is 1. The van der Waals surface area contributed by atoms with E-state index in [1.807, 2.05) is 6.07 Å². The van der Waals surface area contributed by atoms with Crippen molar-refractivity contribution in [3.63, 3.8) is 0 Å². The van der Waals surface area contributed by atoms with Gasteiger partial charge < -0.3 is 4.74 Å². The summed E-state index contributed by atoms with van der Waals surface area (Å²) in [6, 6.07) is 3.96. The van der Waals surface area contributed by atoms with E-state index in [2.05, 4.69) is 28.7 Å². The summed E-state index contributed by atoms with van der Waals surface area (Å²) in [5.74, 6) is 0.805. The monoisotopic (exact) mass is 328 g/mol. The van der Waals surface area contributed by atoms with Crippen molar-refractivity contribution in [1.82, 2.24) is 0 Å². The Kier molecular flexibility index (Phi) is 2.91. The largest absolute Gasteiger partial charge is 0.490 e. The fourth-order valence-corrected chi connectivity index (χ4v) is 2.79. The third kappa shape index (κ3) is 2.05. The molecule has 1 aliphatic rings. The lowest BCUT2D eigenvalue weighted by Crippen LogP contribution is -2.21. The molecule has 0 amide bonds. The minimum atomic E-state index is 0.0711. The molecule has 0 radical (unpaired) electrons. The number of ether oxygens (including phenoxy) is 1. The Hall–Kier alpha value is 0.330. The van der Waals surface area contributed by atoms with Gasteiger partial charge in [0.15, 0.2) is 0 Å². The fourth-order valence-electron chi connectivity index (χ4n) is 1.40. The van der Waals surface area contributed by atoms with E-state index in [4.69, 9.17) is 27.9 Å². The first kappa shape index (κ1) is 9.87. The molecule has 70 valence electrons. The molecule has 1 aromatic rings. The van der Waals surface area contributed by atoms with Crippen molar-refractivity contribution in [2.24, 2.45) is 0 Å². The van der Waals surface area contributed by atoms with E-state index in [1.54, 1.807) is 0 Å². The minimum Gasteiger partial charge on any atom is -0.490 e. The first-order valence-electron chi connectivity index (χ1n) is 3.91. The van der Waals surface area contributed by atoms with Crippen LogP contribution in [-0.4, -0.2) is 12.0 Å². The highest BCUT2D eigenvalue weighted by atomic mass is 127. The van der Waals surface area contributed by atoms with E-state index >= 15 is 0 Å². The van der Waals surface area contributed by atoms with Gasteiger partial charge >= 0.3 is 0 Å². The molecule has 1 heterocycles. The van der Waals surface area contributed by atoms with Crippen LogP contribution in [0.4, 0.5) is 0 Å². The summed E-state index contributed by atoms with van der Waals surface area (Å²) < 4.78 is 6.58. The van der Waals surface area contributed by atoms with Crippen molar-refractivity contribution in [3.05, 3.63) is 26.3 Å². The predicted octanol–water partition coefficient (Wildman–Crippen LogP) is 3.49. The van der Waals surface area contributed by atoms with Crippen molar-refractivity contribution >= 4 is 45.8 Å². The maximum Gasteiger partial charge on any atom is 0.141 e. The van der Waals surface area contributed by atoms with Gasteiger partial charge in [-0.3, -0.25) is 0 Å². The molecular formula is C9H7Cl2IO. The standard InChI is InChI=1S/C9H7Cl2IO/c10-6-1-5-2-7(12)3-8(11)9(5)13-4-6/h2-3,6H,1,4H2/t6-/m1/s1. The molecule has 0 aromatic heterocycles. The summed E-state index contributed by atoms with van der Waals surface area (Å²) in [6.07, 6.45) is 0.841. The van der Waals surface area contributed by atoms with Gasteiger partial charge in [-0.05, 0) is 46.7 Å². The number of rotatable bonds is 0. The lowest BCUT2D eigenvalue weighted by atomic mass is 10.1. The zero-order valence-electron chi connectivity index (χ0n) is 6.69. The van der Waals surface area contributed by atoms with Gasteiger partial charge in [0.1, 0.15) is 12.4 Å². The van der Waals surface area contributed by atoms with Gasteiger partial charge in [0, 0.05) is 3.57 Å². The molecule has 0 spiro atoms. The summed E-state index contributed by atoms with van der Waals surface area (Å²) >= 11 is 14.2. The molecule has 0 fully saturated rings. The Morgan fingerprint density at radius 1 is 1.46 bits per heavy atom. The highest BCUT2D eigenvalue weighted by molar-refractivity contribution is 14.1. The van der Waals surface area contributed by atoms with Gasteiger partial charge in [-0.25, -0.2) is 0 Å². The normalized spacial score (nSPS) is 20.7. The van der Waals surface area contributed by atoms with E-state index in [0.717, 1.165) is 21.3 Å². The van der Waals surface area contributed by atoms with Crippen LogP contribution in [0.5, 0.6) is 5.75 Å². The molecule has 1 aliphatic heterocycles.